The van der Waals surface area contributed by atoms with Gasteiger partial charge in [-0.2, -0.15) is 0 Å². The van der Waals surface area contributed by atoms with Crippen LogP contribution in [0.2, 0.25) is 5.02 Å². The number of amides is 3. The van der Waals surface area contributed by atoms with E-state index in [4.69, 9.17) is 17.3 Å². The predicted octanol–water partition coefficient (Wildman–Crippen LogP) is 2.93. The number of rotatable bonds is 4. The van der Waals surface area contributed by atoms with Gasteiger partial charge < -0.3 is 16.0 Å². The van der Waals surface area contributed by atoms with Crippen molar-refractivity contribution in [1.29, 1.82) is 0 Å². The summed E-state index contributed by atoms with van der Waals surface area (Å²) in [5.41, 5.74) is 6.76. The summed E-state index contributed by atoms with van der Waals surface area (Å²) in [6.07, 6.45) is 1.19. The fourth-order valence-corrected chi connectivity index (χ4v) is 3.30. The van der Waals surface area contributed by atoms with Crippen LogP contribution in [0.15, 0.2) is 48.5 Å². The molecule has 1 fully saturated rings. The maximum atomic E-state index is 12.5. The largest absolute Gasteiger partial charge is 0.366 e. The molecule has 6 nitrogen and oxygen atoms in total. The molecule has 0 aromatic heterocycles. The highest BCUT2D eigenvalue weighted by molar-refractivity contribution is 6.30. The first-order valence-electron chi connectivity index (χ1n) is 8.69. The van der Waals surface area contributed by atoms with Gasteiger partial charge in [-0.1, -0.05) is 17.7 Å². The second-order valence-electron chi connectivity index (χ2n) is 6.51. The van der Waals surface area contributed by atoms with Crippen LogP contribution in [0.5, 0.6) is 0 Å². The molecule has 1 heterocycles. The van der Waals surface area contributed by atoms with Crippen LogP contribution in [0.1, 0.15) is 33.6 Å². The van der Waals surface area contributed by atoms with Gasteiger partial charge in [-0.05, 0) is 55.3 Å². The van der Waals surface area contributed by atoms with Gasteiger partial charge in [0, 0.05) is 40.8 Å². The van der Waals surface area contributed by atoms with E-state index in [1.165, 1.54) is 0 Å². The van der Waals surface area contributed by atoms with E-state index in [1.54, 1.807) is 53.4 Å². The van der Waals surface area contributed by atoms with Crippen molar-refractivity contribution in [2.24, 2.45) is 11.7 Å². The van der Waals surface area contributed by atoms with Gasteiger partial charge in [0.1, 0.15) is 0 Å². The van der Waals surface area contributed by atoms with Crippen molar-refractivity contribution in [3.8, 4) is 0 Å². The van der Waals surface area contributed by atoms with E-state index >= 15 is 0 Å². The number of likely N-dealkylation sites (tertiary alicyclic amines) is 1. The Bertz CT molecular complexity index is 859. The molecule has 0 radical (unpaired) electrons. The molecule has 3 amide bonds. The van der Waals surface area contributed by atoms with Gasteiger partial charge in [0.15, 0.2) is 0 Å². The molecule has 0 saturated carbocycles. The average Bonchev–Trinajstić information content (AvgIpc) is 2.68. The number of carbonyl (C=O) groups is 3. The van der Waals surface area contributed by atoms with Crippen LogP contribution in [-0.4, -0.2) is 35.7 Å². The summed E-state index contributed by atoms with van der Waals surface area (Å²) in [6, 6.07) is 13.3. The quantitative estimate of drug-likeness (QED) is 0.847. The summed E-state index contributed by atoms with van der Waals surface area (Å²) >= 11 is 5.95. The Morgan fingerprint density at radius 2 is 1.67 bits per heavy atom. The molecule has 0 atom stereocenters. The number of anilines is 1. The molecule has 0 bridgehead atoms. The second-order valence-corrected chi connectivity index (χ2v) is 6.94. The Hall–Kier alpha value is -2.86. The zero-order chi connectivity index (χ0) is 19.4. The van der Waals surface area contributed by atoms with Gasteiger partial charge in [-0.3, -0.25) is 14.4 Å². The van der Waals surface area contributed by atoms with Gasteiger partial charge in [-0.15, -0.1) is 0 Å². The van der Waals surface area contributed by atoms with Crippen molar-refractivity contribution in [1.82, 2.24) is 4.90 Å². The van der Waals surface area contributed by atoms with Crippen molar-refractivity contribution < 1.29 is 14.4 Å². The maximum Gasteiger partial charge on any atom is 0.253 e. The van der Waals surface area contributed by atoms with Gasteiger partial charge in [0.25, 0.3) is 5.91 Å². The summed E-state index contributed by atoms with van der Waals surface area (Å²) in [6.45, 7) is 1.04. The Kier molecular flexibility index (Phi) is 5.76. The summed E-state index contributed by atoms with van der Waals surface area (Å²) in [5.74, 6) is -0.830. The lowest BCUT2D eigenvalue weighted by molar-refractivity contribution is -0.121. The normalized spacial score (nSPS) is 14.6. The van der Waals surface area contributed by atoms with Crippen molar-refractivity contribution in [3.05, 3.63) is 64.7 Å². The Labute approximate surface area is 162 Å². The van der Waals surface area contributed by atoms with Crippen molar-refractivity contribution in [2.75, 3.05) is 18.4 Å². The van der Waals surface area contributed by atoms with E-state index in [2.05, 4.69) is 5.32 Å². The molecule has 27 heavy (non-hydrogen) atoms. The molecule has 1 aliphatic rings. The third-order valence-electron chi connectivity index (χ3n) is 4.66. The Morgan fingerprint density at radius 1 is 1.00 bits per heavy atom. The smallest absolute Gasteiger partial charge is 0.253 e. The fourth-order valence-electron chi connectivity index (χ4n) is 3.11. The molecule has 1 saturated heterocycles. The van der Waals surface area contributed by atoms with E-state index in [-0.39, 0.29) is 17.7 Å². The van der Waals surface area contributed by atoms with Crippen LogP contribution in [-0.2, 0) is 4.79 Å². The summed E-state index contributed by atoms with van der Waals surface area (Å²) in [7, 11) is 0. The van der Waals surface area contributed by atoms with E-state index in [0.29, 0.717) is 47.8 Å². The van der Waals surface area contributed by atoms with E-state index < -0.39 is 5.91 Å². The number of hydrogen-bond acceptors (Lipinski definition) is 3. The zero-order valence-corrected chi connectivity index (χ0v) is 15.4. The number of piperidine rings is 1. The van der Waals surface area contributed by atoms with Crippen LogP contribution in [0.25, 0.3) is 0 Å². The number of nitrogens with two attached hydrogens (primary N) is 1. The Morgan fingerprint density at radius 3 is 2.26 bits per heavy atom. The lowest BCUT2D eigenvalue weighted by atomic mass is 9.95. The predicted molar refractivity (Wildman–Crippen MR) is 104 cm³/mol. The molecule has 3 N–H and O–H groups in total. The monoisotopic (exact) mass is 385 g/mol. The van der Waals surface area contributed by atoms with Gasteiger partial charge in [-0.25, -0.2) is 0 Å². The second kappa shape index (κ2) is 8.22. The molecule has 0 spiro atoms. The third-order valence-corrected chi connectivity index (χ3v) is 4.90. The van der Waals surface area contributed by atoms with Crippen molar-refractivity contribution >= 4 is 35.0 Å². The van der Waals surface area contributed by atoms with E-state index in [0.717, 1.165) is 0 Å². The number of carbonyl (C=O) groups excluding carboxylic acids is 3. The molecular weight excluding hydrogens is 366 g/mol. The molecule has 2 aromatic carbocycles. The van der Waals surface area contributed by atoms with E-state index in [1.807, 2.05) is 0 Å². The molecule has 140 valence electrons. The minimum absolute atomic E-state index is 0.0709. The molecule has 3 rings (SSSR count). The number of primary amides is 1. The third kappa shape index (κ3) is 4.65. The standard InChI is InChI=1S/C20H20ClN3O3/c21-16-3-1-2-15(12-16)20(27)24-10-8-14(9-11-24)19(26)23-17-6-4-13(5-7-17)18(22)25/h1-7,12,14H,8-11H2,(H2,22,25)(H,23,26). The molecule has 1 aliphatic heterocycles. The SMILES string of the molecule is NC(=O)c1ccc(NC(=O)C2CCN(C(=O)c3cccc(Cl)c3)CC2)cc1. The van der Waals surface area contributed by atoms with Crippen LogP contribution in [0.4, 0.5) is 5.69 Å². The first-order chi connectivity index (χ1) is 12.9. The summed E-state index contributed by atoms with van der Waals surface area (Å²) in [4.78, 5) is 37.8. The minimum Gasteiger partial charge on any atom is -0.366 e. The topological polar surface area (TPSA) is 92.5 Å². The van der Waals surface area contributed by atoms with Gasteiger partial charge in [0.2, 0.25) is 11.8 Å². The first kappa shape index (κ1) is 18.9. The lowest BCUT2D eigenvalue weighted by Crippen LogP contribution is -2.41. The summed E-state index contributed by atoms with van der Waals surface area (Å²) < 4.78 is 0. The molecule has 7 heteroatoms. The average molecular weight is 386 g/mol. The number of nitrogens with zero attached hydrogens (tertiary/aromatic N) is 1. The molecule has 0 aliphatic carbocycles. The molecule has 2 aromatic rings. The lowest BCUT2D eigenvalue weighted by Gasteiger charge is -2.31. The van der Waals surface area contributed by atoms with Crippen LogP contribution in [0.3, 0.4) is 0 Å². The highest BCUT2D eigenvalue weighted by Crippen LogP contribution is 2.22. The zero-order valence-electron chi connectivity index (χ0n) is 14.7. The molecular formula is C20H20ClN3O3. The van der Waals surface area contributed by atoms with Crippen LogP contribution in [0, 0.1) is 5.92 Å². The number of nitrogens with one attached hydrogen (secondary N) is 1. The van der Waals surface area contributed by atoms with Gasteiger partial charge >= 0.3 is 0 Å². The summed E-state index contributed by atoms with van der Waals surface area (Å²) in [5, 5.41) is 3.37. The maximum absolute atomic E-state index is 12.5. The van der Waals surface area contributed by atoms with Crippen molar-refractivity contribution in [3.63, 3.8) is 0 Å². The fraction of sp³-hybridized carbons (Fsp3) is 0.250. The van der Waals surface area contributed by atoms with E-state index in [9.17, 15) is 14.4 Å². The van der Waals surface area contributed by atoms with Crippen LogP contribution >= 0.6 is 11.6 Å². The first-order valence-corrected chi connectivity index (χ1v) is 9.07. The highest BCUT2D eigenvalue weighted by atomic mass is 35.5. The van der Waals surface area contributed by atoms with Gasteiger partial charge in [0.05, 0.1) is 0 Å². The Balaban J connectivity index is 1.54. The molecule has 0 unspecified atom stereocenters. The highest BCUT2D eigenvalue weighted by Gasteiger charge is 2.28. The van der Waals surface area contributed by atoms with Crippen LogP contribution < -0.4 is 11.1 Å². The minimum atomic E-state index is -0.510. The number of hydrogen-bond donors (Lipinski definition) is 2. The number of benzene rings is 2. The number of halogens is 1. The van der Waals surface area contributed by atoms with Crippen molar-refractivity contribution in [2.45, 2.75) is 12.8 Å².